The number of nitrogens with zero attached hydrogens (tertiary/aromatic N) is 2. The number of carbonyl (C=O) groups excluding carboxylic acids is 1. The molecule has 5 rings (SSSR count). The molecule has 2 aromatic heterocycles. The maximum Gasteiger partial charge on any atom is 0.433 e. The molecule has 8 heteroatoms. The molecule has 0 saturated heterocycles. The van der Waals surface area contributed by atoms with Crippen LogP contribution in [0.4, 0.5) is 13.2 Å². The van der Waals surface area contributed by atoms with Crippen molar-refractivity contribution in [1.29, 1.82) is 0 Å². The number of pyridine rings is 2. The van der Waals surface area contributed by atoms with Crippen LogP contribution in [0.1, 0.15) is 60.5 Å². The van der Waals surface area contributed by atoms with E-state index >= 15 is 0 Å². The van der Waals surface area contributed by atoms with Crippen LogP contribution >= 0.6 is 0 Å². The number of carbonyl (C=O) groups is 1. The highest BCUT2D eigenvalue weighted by Gasteiger charge is 2.44. The average molecular weight is 427 g/mol. The molecule has 1 N–H and O–H groups in total. The number of benzene rings is 1. The highest BCUT2D eigenvalue weighted by Crippen LogP contribution is 2.46. The number of aryl methyl sites for hydroxylation is 1. The van der Waals surface area contributed by atoms with E-state index < -0.39 is 29.6 Å². The van der Waals surface area contributed by atoms with Crippen molar-refractivity contribution >= 4 is 16.8 Å². The minimum Gasteiger partial charge on any atom is -0.353 e. The van der Waals surface area contributed by atoms with E-state index in [-0.39, 0.29) is 5.91 Å². The summed E-state index contributed by atoms with van der Waals surface area (Å²) >= 11 is 0. The first kappa shape index (κ1) is 19.9. The van der Waals surface area contributed by atoms with E-state index in [1.807, 2.05) is 38.1 Å². The third-order valence-corrected chi connectivity index (χ3v) is 6.00. The Kier molecular flexibility index (Phi) is 4.34. The number of halogens is 3. The Morgan fingerprint density at radius 3 is 2.71 bits per heavy atom. The standard InChI is InChI=1S/C23H20F3N3O2/c1-22(2)19-13-5-3-4-6-15(13)27-11-14(19)20(31-22)21(30)29-17-9-8-16-12(17)7-10-18(28-16)23(24,25)26/h3-7,10-11,17,20H,8-9H2,1-2H3,(H,29,30)/t17-,20?/m1/s1. The molecule has 3 heterocycles. The van der Waals surface area contributed by atoms with E-state index in [1.54, 1.807) is 6.20 Å². The van der Waals surface area contributed by atoms with Gasteiger partial charge in [0.15, 0.2) is 6.10 Å². The van der Waals surface area contributed by atoms with Gasteiger partial charge in [-0.3, -0.25) is 9.78 Å². The zero-order chi connectivity index (χ0) is 22.0. The lowest BCUT2D eigenvalue weighted by molar-refractivity contribution is -0.142. The quantitative estimate of drug-likeness (QED) is 0.641. The number of amides is 1. The molecule has 1 aliphatic carbocycles. The Bertz CT molecular complexity index is 1210. The van der Waals surface area contributed by atoms with Gasteiger partial charge in [-0.25, -0.2) is 4.98 Å². The molecular formula is C23H20F3N3O2. The van der Waals surface area contributed by atoms with E-state index in [9.17, 15) is 18.0 Å². The normalized spacial score (nSPS) is 21.7. The number of nitrogens with one attached hydrogen (secondary N) is 1. The number of para-hydroxylation sites is 1. The van der Waals surface area contributed by atoms with Crippen LogP contribution in [0.25, 0.3) is 10.9 Å². The van der Waals surface area contributed by atoms with Gasteiger partial charge < -0.3 is 10.1 Å². The highest BCUT2D eigenvalue weighted by atomic mass is 19.4. The summed E-state index contributed by atoms with van der Waals surface area (Å²) in [5.41, 5.74) is 1.88. The minimum atomic E-state index is -4.49. The first-order valence-electron chi connectivity index (χ1n) is 10.1. The van der Waals surface area contributed by atoms with Crippen LogP contribution in [0.5, 0.6) is 0 Å². The molecule has 0 bridgehead atoms. The first-order valence-corrected chi connectivity index (χ1v) is 10.1. The van der Waals surface area contributed by atoms with Crippen molar-refractivity contribution in [2.24, 2.45) is 0 Å². The van der Waals surface area contributed by atoms with Crippen molar-refractivity contribution in [3.63, 3.8) is 0 Å². The molecule has 1 amide bonds. The van der Waals surface area contributed by atoms with Crippen molar-refractivity contribution in [3.05, 3.63) is 70.7 Å². The Labute approximate surface area is 176 Å². The molecule has 160 valence electrons. The smallest absolute Gasteiger partial charge is 0.353 e. The summed E-state index contributed by atoms with van der Waals surface area (Å²) in [5.74, 6) is -0.332. The van der Waals surface area contributed by atoms with Crippen LogP contribution in [0, 0.1) is 0 Å². The number of fused-ring (bicyclic) bond motifs is 4. The monoisotopic (exact) mass is 427 g/mol. The van der Waals surface area contributed by atoms with E-state index in [0.29, 0.717) is 29.7 Å². The maximum atomic E-state index is 13.2. The zero-order valence-corrected chi connectivity index (χ0v) is 17.0. The third-order valence-electron chi connectivity index (χ3n) is 6.00. The number of aromatic nitrogens is 2. The highest BCUT2D eigenvalue weighted by molar-refractivity contribution is 5.90. The summed E-state index contributed by atoms with van der Waals surface area (Å²) in [6, 6.07) is 9.67. The Morgan fingerprint density at radius 2 is 1.94 bits per heavy atom. The molecule has 2 atom stereocenters. The molecule has 0 saturated carbocycles. The van der Waals surface area contributed by atoms with E-state index in [4.69, 9.17) is 4.74 Å². The molecule has 1 aliphatic heterocycles. The molecular weight excluding hydrogens is 407 g/mol. The summed E-state index contributed by atoms with van der Waals surface area (Å²) in [6.45, 7) is 3.83. The van der Waals surface area contributed by atoms with Gasteiger partial charge in [-0.05, 0) is 44.4 Å². The second-order valence-electron chi connectivity index (χ2n) is 8.44. The molecule has 0 spiro atoms. The van der Waals surface area contributed by atoms with E-state index in [1.165, 1.54) is 6.07 Å². The average Bonchev–Trinajstić information content (AvgIpc) is 3.25. The van der Waals surface area contributed by atoms with Crippen LogP contribution in [0.15, 0.2) is 42.6 Å². The summed E-state index contributed by atoms with van der Waals surface area (Å²) in [7, 11) is 0. The van der Waals surface area contributed by atoms with Gasteiger partial charge in [0.25, 0.3) is 5.91 Å². The van der Waals surface area contributed by atoms with Crippen molar-refractivity contribution in [2.75, 3.05) is 0 Å². The van der Waals surface area contributed by atoms with Crippen LogP contribution in [-0.4, -0.2) is 15.9 Å². The number of alkyl halides is 3. The molecule has 3 aromatic rings. The Morgan fingerprint density at radius 1 is 1.16 bits per heavy atom. The first-order chi connectivity index (χ1) is 14.6. The number of hydrogen-bond acceptors (Lipinski definition) is 4. The fourth-order valence-corrected chi connectivity index (χ4v) is 4.66. The van der Waals surface area contributed by atoms with Crippen molar-refractivity contribution in [3.8, 4) is 0 Å². The van der Waals surface area contributed by atoms with E-state index in [0.717, 1.165) is 22.5 Å². The maximum absolute atomic E-state index is 13.2. The van der Waals surface area contributed by atoms with Gasteiger partial charge in [-0.1, -0.05) is 24.3 Å². The lowest BCUT2D eigenvalue weighted by atomic mass is 9.91. The van der Waals surface area contributed by atoms with Gasteiger partial charge >= 0.3 is 6.18 Å². The SMILES string of the molecule is CC1(C)OC(C(=O)N[C@@H]2CCc3nc(C(F)(F)F)ccc32)c2cnc3ccccc3c21. The van der Waals surface area contributed by atoms with Gasteiger partial charge in [0.1, 0.15) is 5.69 Å². The Hall–Kier alpha value is -3.00. The number of hydrogen-bond donors (Lipinski definition) is 1. The van der Waals surface area contributed by atoms with Crippen LogP contribution < -0.4 is 5.32 Å². The summed E-state index contributed by atoms with van der Waals surface area (Å²) in [5, 5.41) is 3.89. The van der Waals surface area contributed by atoms with E-state index in [2.05, 4.69) is 15.3 Å². The molecule has 1 unspecified atom stereocenters. The van der Waals surface area contributed by atoms with Gasteiger partial charge in [0, 0.05) is 28.4 Å². The third kappa shape index (κ3) is 3.26. The minimum absolute atomic E-state index is 0.332. The van der Waals surface area contributed by atoms with Crippen LogP contribution in [-0.2, 0) is 27.7 Å². The van der Waals surface area contributed by atoms with Crippen LogP contribution in [0.2, 0.25) is 0 Å². The number of rotatable bonds is 2. The number of ether oxygens (including phenoxy) is 1. The molecule has 31 heavy (non-hydrogen) atoms. The Balaban J connectivity index is 1.43. The van der Waals surface area contributed by atoms with Gasteiger partial charge in [0.2, 0.25) is 0 Å². The molecule has 1 aromatic carbocycles. The fourth-order valence-electron chi connectivity index (χ4n) is 4.66. The van der Waals surface area contributed by atoms with Gasteiger partial charge in [0.05, 0.1) is 17.2 Å². The second-order valence-corrected chi connectivity index (χ2v) is 8.44. The summed E-state index contributed by atoms with van der Waals surface area (Å²) < 4.78 is 44.9. The van der Waals surface area contributed by atoms with Crippen molar-refractivity contribution < 1.29 is 22.7 Å². The largest absolute Gasteiger partial charge is 0.433 e. The summed E-state index contributed by atoms with van der Waals surface area (Å²) in [6.07, 6.45) is -2.78. The van der Waals surface area contributed by atoms with Crippen molar-refractivity contribution in [1.82, 2.24) is 15.3 Å². The molecule has 0 radical (unpaired) electrons. The summed E-state index contributed by atoms with van der Waals surface area (Å²) in [4.78, 5) is 21.4. The molecule has 2 aliphatic rings. The topological polar surface area (TPSA) is 64.1 Å². The molecule has 5 nitrogen and oxygen atoms in total. The lowest BCUT2D eigenvalue weighted by Gasteiger charge is -2.22. The van der Waals surface area contributed by atoms with Gasteiger partial charge in [-0.2, -0.15) is 13.2 Å². The lowest BCUT2D eigenvalue weighted by Crippen LogP contribution is -2.33. The molecule has 0 fully saturated rings. The predicted octanol–water partition coefficient (Wildman–Crippen LogP) is 4.76. The predicted molar refractivity (Wildman–Crippen MR) is 107 cm³/mol. The van der Waals surface area contributed by atoms with Gasteiger partial charge in [-0.15, -0.1) is 0 Å². The zero-order valence-electron chi connectivity index (χ0n) is 17.0. The van der Waals surface area contributed by atoms with Crippen LogP contribution in [0.3, 0.4) is 0 Å². The van der Waals surface area contributed by atoms with Crippen molar-refractivity contribution in [2.45, 2.75) is 50.6 Å². The second kappa shape index (κ2) is 6.75. The fraction of sp³-hybridized carbons (Fsp3) is 0.348.